The third-order valence-electron chi connectivity index (χ3n) is 6.00. The van der Waals surface area contributed by atoms with E-state index in [1.807, 2.05) is 36.4 Å². The molecule has 4 rings (SSSR count). The van der Waals surface area contributed by atoms with Gasteiger partial charge in [-0.1, -0.05) is 30.3 Å². The van der Waals surface area contributed by atoms with Crippen molar-refractivity contribution in [3.8, 4) is 11.5 Å². The van der Waals surface area contributed by atoms with Crippen LogP contribution in [0.25, 0.3) is 0 Å². The number of nitrogens with one attached hydrogen (secondary N) is 1. The highest BCUT2D eigenvalue weighted by molar-refractivity contribution is 5.95. The molecule has 31 heavy (non-hydrogen) atoms. The number of para-hydroxylation sites is 3. The number of methoxy groups -OCH3 is 1. The van der Waals surface area contributed by atoms with Gasteiger partial charge in [-0.2, -0.15) is 0 Å². The molecule has 0 bridgehead atoms. The molecular weight excluding hydrogens is 394 g/mol. The van der Waals surface area contributed by atoms with Crippen LogP contribution in [-0.2, 0) is 9.59 Å². The molecule has 0 radical (unpaired) electrons. The first-order chi connectivity index (χ1) is 15.1. The van der Waals surface area contributed by atoms with Crippen molar-refractivity contribution in [2.24, 2.45) is 0 Å². The number of anilines is 1. The van der Waals surface area contributed by atoms with E-state index in [1.54, 1.807) is 18.1 Å². The van der Waals surface area contributed by atoms with Crippen LogP contribution in [0.5, 0.6) is 11.5 Å². The van der Waals surface area contributed by atoms with Crippen molar-refractivity contribution < 1.29 is 19.1 Å². The maximum Gasteiger partial charge on any atom is 0.263 e. The second-order valence-corrected chi connectivity index (χ2v) is 7.95. The third kappa shape index (κ3) is 4.51. The Morgan fingerprint density at radius 1 is 1.13 bits per heavy atom. The van der Waals surface area contributed by atoms with Gasteiger partial charge in [0.25, 0.3) is 5.91 Å². The van der Waals surface area contributed by atoms with E-state index >= 15 is 0 Å². The average Bonchev–Trinajstić information content (AvgIpc) is 3.33. The van der Waals surface area contributed by atoms with Crippen LogP contribution in [-0.4, -0.2) is 56.1 Å². The summed E-state index contributed by atoms with van der Waals surface area (Å²) >= 11 is 0. The van der Waals surface area contributed by atoms with Gasteiger partial charge in [0, 0.05) is 19.0 Å². The summed E-state index contributed by atoms with van der Waals surface area (Å²) in [5.41, 5.74) is 1.76. The van der Waals surface area contributed by atoms with Crippen LogP contribution < -0.4 is 19.7 Å². The van der Waals surface area contributed by atoms with Gasteiger partial charge in [-0.15, -0.1) is 0 Å². The van der Waals surface area contributed by atoms with Crippen molar-refractivity contribution in [1.82, 2.24) is 10.2 Å². The number of rotatable bonds is 6. The van der Waals surface area contributed by atoms with Gasteiger partial charge < -0.3 is 19.7 Å². The van der Waals surface area contributed by atoms with E-state index in [2.05, 4.69) is 16.3 Å². The first kappa shape index (κ1) is 21.2. The lowest BCUT2D eigenvalue weighted by molar-refractivity contribution is -0.128. The summed E-state index contributed by atoms with van der Waals surface area (Å²) in [5.74, 6) is 1.03. The maximum atomic E-state index is 13.1. The Hall–Kier alpha value is -3.06. The Morgan fingerprint density at radius 3 is 2.58 bits per heavy atom. The molecule has 2 aromatic carbocycles. The zero-order valence-electron chi connectivity index (χ0n) is 18.0. The van der Waals surface area contributed by atoms with Crippen molar-refractivity contribution in [2.75, 3.05) is 38.2 Å². The minimum Gasteiger partial charge on any atom is -0.496 e. The lowest BCUT2D eigenvalue weighted by Crippen LogP contribution is -2.51. The number of hydrogen-bond acceptors (Lipinski definition) is 5. The van der Waals surface area contributed by atoms with Gasteiger partial charge >= 0.3 is 0 Å². The Morgan fingerprint density at radius 2 is 1.84 bits per heavy atom. The van der Waals surface area contributed by atoms with Gasteiger partial charge in [0.15, 0.2) is 6.10 Å². The van der Waals surface area contributed by atoms with E-state index in [-0.39, 0.29) is 24.4 Å². The molecule has 0 saturated carbocycles. The van der Waals surface area contributed by atoms with Gasteiger partial charge in [0.2, 0.25) is 5.91 Å². The van der Waals surface area contributed by atoms with Gasteiger partial charge in [-0.05, 0) is 44.1 Å². The fraction of sp³-hybridized carbons (Fsp3) is 0.417. The first-order valence-electron chi connectivity index (χ1n) is 10.8. The second kappa shape index (κ2) is 9.39. The zero-order chi connectivity index (χ0) is 21.8. The Kier molecular flexibility index (Phi) is 6.42. The average molecular weight is 424 g/mol. The molecule has 7 nitrogen and oxygen atoms in total. The normalized spacial score (nSPS) is 19.3. The van der Waals surface area contributed by atoms with Crippen LogP contribution in [0.2, 0.25) is 0 Å². The van der Waals surface area contributed by atoms with Crippen molar-refractivity contribution >= 4 is 17.5 Å². The molecule has 1 fully saturated rings. The summed E-state index contributed by atoms with van der Waals surface area (Å²) < 4.78 is 11.5. The molecule has 164 valence electrons. The number of ether oxygens (including phenoxy) is 2. The molecule has 2 aliphatic heterocycles. The third-order valence-corrected chi connectivity index (χ3v) is 6.00. The highest BCUT2D eigenvalue weighted by atomic mass is 16.5. The molecule has 0 aromatic heterocycles. The maximum absolute atomic E-state index is 13.1. The molecule has 0 spiro atoms. The van der Waals surface area contributed by atoms with Crippen molar-refractivity contribution in [3.05, 3.63) is 54.1 Å². The summed E-state index contributed by atoms with van der Waals surface area (Å²) in [6.45, 7) is 4.12. The fourth-order valence-electron chi connectivity index (χ4n) is 4.41. The summed E-state index contributed by atoms with van der Waals surface area (Å²) in [6, 6.07) is 15.3. The van der Waals surface area contributed by atoms with Crippen molar-refractivity contribution in [1.29, 1.82) is 0 Å². The highest BCUT2D eigenvalue weighted by Crippen LogP contribution is 2.34. The number of nitrogens with zero attached hydrogens (tertiary/aromatic N) is 2. The molecule has 1 saturated heterocycles. The zero-order valence-corrected chi connectivity index (χ0v) is 18.0. The molecule has 0 unspecified atom stereocenters. The lowest BCUT2D eigenvalue weighted by atomic mass is 10.0. The standard InChI is InChI=1S/C24H29N3O4/c1-17(28)27-16-23(31-22-12-6-4-10-19(22)27)24(29)25-15-20(26-13-7-8-14-26)18-9-3-5-11-21(18)30-2/h3-6,9-12,20,23H,7-8,13-16H2,1-2H3,(H,25,29)/t20-,23+/m0/s1. The Balaban J connectivity index is 1.50. The number of carbonyl (C=O) groups excluding carboxylic acids is 2. The predicted molar refractivity (Wildman–Crippen MR) is 118 cm³/mol. The molecule has 2 heterocycles. The van der Waals surface area contributed by atoms with Gasteiger partial charge in [0.05, 0.1) is 25.4 Å². The molecule has 2 amide bonds. The molecule has 2 aliphatic rings. The molecule has 2 aromatic rings. The quantitative estimate of drug-likeness (QED) is 0.774. The number of hydrogen-bond donors (Lipinski definition) is 1. The summed E-state index contributed by atoms with van der Waals surface area (Å²) in [7, 11) is 1.67. The Labute approximate surface area is 182 Å². The largest absolute Gasteiger partial charge is 0.496 e. The van der Waals surface area contributed by atoms with E-state index in [0.29, 0.717) is 18.0 Å². The van der Waals surface area contributed by atoms with E-state index in [1.165, 1.54) is 6.92 Å². The molecule has 1 N–H and O–H groups in total. The first-order valence-corrected chi connectivity index (χ1v) is 10.8. The number of benzene rings is 2. The molecule has 0 aliphatic carbocycles. The fourth-order valence-corrected chi connectivity index (χ4v) is 4.41. The summed E-state index contributed by atoms with van der Waals surface area (Å²) in [6.07, 6.45) is 1.54. The SMILES string of the molecule is COc1ccccc1[C@H](CNC(=O)[C@H]1CN(C(C)=O)c2ccccc2O1)N1CCCC1. The van der Waals surface area contributed by atoms with Crippen LogP contribution >= 0.6 is 0 Å². The molecule has 7 heteroatoms. The second-order valence-electron chi connectivity index (χ2n) is 7.95. The smallest absolute Gasteiger partial charge is 0.263 e. The number of amides is 2. The topological polar surface area (TPSA) is 71.1 Å². The van der Waals surface area contributed by atoms with Gasteiger partial charge in [-0.3, -0.25) is 14.5 Å². The predicted octanol–water partition coefficient (Wildman–Crippen LogP) is 2.76. The van der Waals surface area contributed by atoms with E-state index < -0.39 is 6.10 Å². The monoisotopic (exact) mass is 423 g/mol. The van der Waals surface area contributed by atoms with Gasteiger partial charge in [-0.25, -0.2) is 0 Å². The van der Waals surface area contributed by atoms with Crippen LogP contribution in [0.1, 0.15) is 31.4 Å². The minimum atomic E-state index is -0.754. The summed E-state index contributed by atoms with van der Waals surface area (Å²) in [4.78, 5) is 29.2. The number of carbonyl (C=O) groups is 2. The number of fused-ring (bicyclic) bond motifs is 1. The van der Waals surface area contributed by atoms with Crippen LogP contribution in [0.3, 0.4) is 0 Å². The lowest BCUT2D eigenvalue weighted by Gasteiger charge is -2.34. The van der Waals surface area contributed by atoms with E-state index in [9.17, 15) is 9.59 Å². The molecular formula is C24H29N3O4. The number of likely N-dealkylation sites (tertiary alicyclic amines) is 1. The Bertz CT molecular complexity index is 942. The summed E-state index contributed by atoms with van der Waals surface area (Å²) in [5, 5.41) is 3.07. The van der Waals surface area contributed by atoms with Gasteiger partial charge in [0.1, 0.15) is 11.5 Å². The molecule has 2 atom stereocenters. The van der Waals surface area contributed by atoms with Crippen molar-refractivity contribution in [3.63, 3.8) is 0 Å². The van der Waals surface area contributed by atoms with Crippen molar-refractivity contribution in [2.45, 2.75) is 31.9 Å². The van der Waals surface area contributed by atoms with E-state index in [4.69, 9.17) is 9.47 Å². The van der Waals surface area contributed by atoms with Crippen LogP contribution in [0.15, 0.2) is 48.5 Å². The van der Waals surface area contributed by atoms with Crippen LogP contribution in [0, 0.1) is 0 Å². The minimum absolute atomic E-state index is 0.0161. The van der Waals surface area contributed by atoms with E-state index in [0.717, 1.165) is 37.2 Å². The highest BCUT2D eigenvalue weighted by Gasteiger charge is 2.33. The van der Waals surface area contributed by atoms with Crippen LogP contribution in [0.4, 0.5) is 5.69 Å².